The van der Waals surface area contributed by atoms with E-state index >= 15 is 0 Å². The molecule has 10 heteroatoms. The minimum atomic E-state index is -4.16. The Morgan fingerprint density at radius 1 is 1.18 bits per heavy atom. The smallest absolute Gasteiger partial charge is 0.389 e. The molecular weight excluding hydrogens is 385 g/mol. The van der Waals surface area contributed by atoms with Crippen LogP contribution in [0.25, 0.3) is 0 Å². The topological polar surface area (TPSA) is 54.9 Å². The van der Waals surface area contributed by atoms with Crippen LogP contribution in [0.2, 0.25) is 0 Å². The molecule has 0 heterocycles. The number of halogens is 5. The van der Waals surface area contributed by atoms with E-state index in [1.807, 2.05) is 6.92 Å². The standard InChI is InChI=1S/C18H26F5N3O2/c1-3-10-27-14-7-6-13(15(11-14)28-16(19)20)12-26-17(24-2)25-9-5-4-8-18(21,22)23/h6-7,11,16H,3-5,8-10,12H2,1-2H3,(H2,24,25,26). The summed E-state index contributed by atoms with van der Waals surface area (Å²) >= 11 is 0. The van der Waals surface area contributed by atoms with Gasteiger partial charge in [-0.05, 0) is 31.4 Å². The predicted octanol–water partition coefficient (Wildman–Crippen LogP) is 4.47. The largest absolute Gasteiger partial charge is 0.493 e. The van der Waals surface area contributed by atoms with Crippen LogP contribution in [0.4, 0.5) is 22.0 Å². The highest BCUT2D eigenvalue weighted by Crippen LogP contribution is 2.26. The number of nitrogens with zero attached hydrogens (tertiary/aromatic N) is 1. The van der Waals surface area contributed by atoms with E-state index in [9.17, 15) is 22.0 Å². The molecule has 2 N–H and O–H groups in total. The number of aliphatic imine (C=N–C) groups is 1. The second-order valence-electron chi connectivity index (χ2n) is 5.92. The molecule has 0 fully saturated rings. The number of guanidine groups is 1. The van der Waals surface area contributed by atoms with Gasteiger partial charge in [0, 0.05) is 38.2 Å². The molecule has 0 radical (unpaired) electrons. The van der Waals surface area contributed by atoms with Gasteiger partial charge in [-0.2, -0.15) is 22.0 Å². The van der Waals surface area contributed by atoms with Gasteiger partial charge in [0.1, 0.15) is 11.5 Å². The molecule has 0 aliphatic carbocycles. The molecule has 0 saturated carbocycles. The normalized spacial score (nSPS) is 12.2. The van der Waals surface area contributed by atoms with Gasteiger partial charge in [0.15, 0.2) is 5.96 Å². The molecule has 0 saturated heterocycles. The molecule has 0 aliphatic rings. The summed E-state index contributed by atoms with van der Waals surface area (Å²) in [5.41, 5.74) is 0.462. The summed E-state index contributed by atoms with van der Waals surface area (Å²) in [5, 5.41) is 5.80. The molecule has 0 aromatic heterocycles. The second-order valence-corrected chi connectivity index (χ2v) is 5.92. The fraction of sp³-hybridized carbons (Fsp3) is 0.611. The van der Waals surface area contributed by atoms with E-state index in [0.717, 1.165) is 6.42 Å². The van der Waals surface area contributed by atoms with Gasteiger partial charge in [-0.25, -0.2) is 0 Å². The number of rotatable bonds is 11. The highest BCUT2D eigenvalue weighted by Gasteiger charge is 2.25. The van der Waals surface area contributed by atoms with Gasteiger partial charge in [-0.3, -0.25) is 4.99 Å². The van der Waals surface area contributed by atoms with E-state index in [-0.39, 0.29) is 18.7 Å². The summed E-state index contributed by atoms with van der Waals surface area (Å²) in [4.78, 5) is 3.96. The fourth-order valence-electron chi connectivity index (χ4n) is 2.25. The van der Waals surface area contributed by atoms with Crippen LogP contribution in [-0.4, -0.2) is 38.9 Å². The van der Waals surface area contributed by atoms with E-state index in [4.69, 9.17) is 4.74 Å². The lowest BCUT2D eigenvalue weighted by molar-refractivity contribution is -0.135. The molecule has 0 aliphatic heterocycles. The Labute approximate surface area is 161 Å². The molecule has 28 heavy (non-hydrogen) atoms. The third-order valence-corrected chi connectivity index (χ3v) is 3.58. The second kappa shape index (κ2) is 12.2. The number of hydrogen-bond acceptors (Lipinski definition) is 3. The van der Waals surface area contributed by atoms with Crippen molar-refractivity contribution < 1.29 is 31.4 Å². The lowest BCUT2D eigenvalue weighted by atomic mass is 10.2. The fourth-order valence-corrected chi connectivity index (χ4v) is 2.25. The number of hydrogen-bond donors (Lipinski definition) is 2. The molecule has 5 nitrogen and oxygen atoms in total. The summed E-state index contributed by atoms with van der Waals surface area (Å²) in [5.74, 6) is 0.756. The van der Waals surface area contributed by atoms with Crippen LogP contribution in [-0.2, 0) is 6.54 Å². The summed E-state index contributed by atoms with van der Waals surface area (Å²) in [6.45, 7) is -0.155. The SMILES string of the molecule is CCCOc1ccc(CNC(=NC)NCCCCC(F)(F)F)c(OC(F)F)c1. The van der Waals surface area contributed by atoms with Crippen molar-refractivity contribution in [2.75, 3.05) is 20.2 Å². The van der Waals surface area contributed by atoms with Crippen LogP contribution >= 0.6 is 0 Å². The van der Waals surface area contributed by atoms with E-state index in [1.54, 1.807) is 12.1 Å². The average Bonchev–Trinajstić information content (AvgIpc) is 2.62. The summed E-state index contributed by atoms with van der Waals surface area (Å²) in [7, 11) is 1.50. The van der Waals surface area contributed by atoms with Crippen molar-refractivity contribution in [2.45, 2.75) is 51.9 Å². The van der Waals surface area contributed by atoms with Gasteiger partial charge in [0.2, 0.25) is 0 Å². The first kappa shape index (κ1) is 23.8. The van der Waals surface area contributed by atoms with E-state index < -0.39 is 19.2 Å². The van der Waals surface area contributed by atoms with Crippen LogP contribution in [0.1, 0.15) is 38.2 Å². The van der Waals surface area contributed by atoms with Crippen molar-refractivity contribution in [1.82, 2.24) is 10.6 Å². The monoisotopic (exact) mass is 411 g/mol. The van der Waals surface area contributed by atoms with E-state index in [2.05, 4.69) is 20.4 Å². The van der Waals surface area contributed by atoms with Crippen molar-refractivity contribution >= 4 is 5.96 Å². The molecule has 0 spiro atoms. The molecule has 160 valence electrons. The zero-order valence-electron chi connectivity index (χ0n) is 15.9. The van der Waals surface area contributed by atoms with Gasteiger partial charge in [0.05, 0.1) is 6.61 Å². The van der Waals surface area contributed by atoms with Crippen molar-refractivity contribution in [3.8, 4) is 11.5 Å². The molecular formula is C18H26F5N3O2. The number of ether oxygens (including phenoxy) is 2. The lowest BCUT2D eigenvalue weighted by Gasteiger charge is -2.16. The first-order valence-electron chi connectivity index (χ1n) is 8.97. The number of unbranched alkanes of at least 4 members (excludes halogenated alkanes) is 1. The highest BCUT2D eigenvalue weighted by molar-refractivity contribution is 5.79. The molecule has 1 aromatic carbocycles. The summed E-state index contributed by atoms with van der Waals surface area (Å²) in [6, 6.07) is 4.65. The van der Waals surface area contributed by atoms with E-state index in [0.29, 0.717) is 36.8 Å². The minimum Gasteiger partial charge on any atom is -0.493 e. The lowest BCUT2D eigenvalue weighted by Crippen LogP contribution is -2.37. The van der Waals surface area contributed by atoms with Crippen LogP contribution in [0.5, 0.6) is 11.5 Å². The van der Waals surface area contributed by atoms with Crippen molar-refractivity contribution in [3.05, 3.63) is 23.8 Å². The Hall–Kier alpha value is -2.26. The maximum absolute atomic E-state index is 12.7. The first-order valence-corrected chi connectivity index (χ1v) is 8.97. The van der Waals surface area contributed by atoms with Gasteiger partial charge in [0.25, 0.3) is 0 Å². The van der Waals surface area contributed by atoms with Crippen LogP contribution < -0.4 is 20.1 Å². The Morgan fingerprint density at radius 3 is 2.54 bits per heavy atom. The molecule has 0 unspecified atom stereocenters. The number of benzene rings is 1. The van der Waals surface area contributed by atoms with Gasteiger partial charge in [-0.1, -0.05) is 6.92 Å². The first-order chi connectivity index (χ1) is 13.2. The van der Waals surface area contributed by atoms with Crippen LogP contribution in [0.15, 0.2) is 23.2 Å². The van der Waals surface area contributed by atoms with Crippen molar-refractivity contribution in [1.29, 1.82) is 0 Å². The molecule has 1 aromatic rings. The molecule has 0 amide bonds. The zero-order chi connectivity index (χ0) is 21.0. The summed E-state index contributed by atoms with van der Waals surface area (Å²) in [6.07, 6.45) is -3.88. The molecule has 0 atom stereocenters. The molecule has 0 bridgehead atoms. The summed E-state index contributed by atoms with van der Waals surface area (Å²) < 4.78 is 71.7. The Morgan fingerprint density at radius 2 is 1.93 bits per heavy atom. The average molecular weight is 411 g/mol. The highest BCUT2D eigenvalue weighted by atomic mass is 19.4. The van der Waals surface area contributed by atoms with Gasteiger partial charge < -0.3 is 20.1 Å². The Bertz CT molecular complexity index is 609. The van der Waals surface area contributed by atoms with Crippen molar-refractivity contribution in [3.63, 3.8) is 0 Å². The van der Waals surface area contributed by atoms with E-state index in [1.165, 1.54) is 13.1 Å². The third-order valence-electron chi connectivity index (χ3n) is 3.58. The maximum Gasteiger partial charge on any atom is 0.389 e. The van der Waals surface area contributed by atoms with Gasteiger partial charge >= 0.3 is 12.8 Å². The quantitative estimate of drug-likeness (QED) is 0.244. The Balaban J connectivity index is 2.57. The van der Waals surface area contributed by atoms with Crippen molar-refractivity contribution in [2.24, 2.45) is 4.99 Å². The maximum atomic E-state index is 12.7. The van der Waals surface area contributed by atoms with Crippen LogP contribution in [0, 0.1) is 0 Å². The van der Waals surface area contributed by atoms with Gasteiger partial charge in [-0.15, -0.1) is 0 Å². The zero-order valence-corrected chi connectivity index (χ0v) is 15.9. The van der Waals surface area contributed by atoms with Crippen LogP contribution in [0.3, 0.4) is 0 Å². The predicted molar refractivity (Wildman–Crippen MR) is 97.0 cm³/mol. The number of alkyl halides is 5. The third kappa shape index (κ3) is 10.2. The molecule has 1 rings (SSSR count). The Kier molecular flexibility index (Phi) is 10.4. The number of nitrogens with one attached hydrogen (secondary N) is 2. The minimum absolute atomic E-state index is 0.0130.